The topological polar surface area (TPSA) is 67.9 Å². The third kappa shape index (κ3) is 6.23. The summed E-state index contributed by atoms with van der Waals surface area (Å²) in [6.07, 6.45) is 1.73. The molecule has 3 rings (SSSR count). The van der Waals surface area contributed by atoms with E-state index in [1.165, 1.54) is 0 Å². The van der Waals surface area contributed by atoms with E-state index >= 15 is 0 Å². The summed E-state index contributed by atoms with van der Waals surface area (Å²) < 4.78 is 11.2. The molecule has 0 fully saturated rings. The lowest BCUT2D eigenvalue weighted by Crippen LogP contribution is -2.49. The van der Waals surface area contributed by atoms with Gasteiger partial charge in [0.1, 0.15) is 19.3 Å². The maximum absolute atomic E-state index is 13.2. The molecule has 1 heterocycles. The van der Waals surface area contributed by atoms with Crippen LogP contribution in [0.4, 0.5) is 0 Å². The molecular formula is C25H32N2O4. The molecule has 2 atom stereocenters. The van der Waals surface area contributed by atoms with Crippen molar-refractivity contribution in [1.82, 2.24) is 10.2 Å². The third-order valence-electron chi connectivity index (χ3n) is 5.60. The van der Waals surface area contributed by atoms with Crippen molar-refractivity contribution in [3.8, 4) is 11.5 Å². The van der Waals surface area contributed by atoms with Crippen LogP contribution in [0.1, 0.15) is 44.7 Å². The van der Waals surface area contributed by atoms with Crippen molar-refractivity contribution in [2.24, 2.45) is 0 Å². The minimum absolute atomic E-state index is 0.0504. The first-order valence-corrected chi connectivity index (χ1v) is 11.0. The largest absolute Gasteiger partial charge is 0.486 e. The fourth-order valence-corrected chi connectivity index (χ4v) is 3.47. The average Bonchev–Trinajstić information content (AvgIpc) is 2.80. The number of rotatable bonds is 9. The van der Waals surface area contributed by atoms with Crippen molar-refractivity contribution in [1.29, 1.82) is 0 Å². The van der Waals surface area contributed by atoms with Gasteiger partial charge in [-0.1, -0.05) is 43.3 Å². The number of ether oxygens (including phenoxy) is 2. The first-order valence-electron chi connectivity index (χ1n) is 11.0. The predicted molar refractivity (Wildman–Crippen MR) is 120 cm³/mol. The molecule has 166 valence electrons. The molecule has 0 saturated carbocycles. The summed E-state index contributed by atoms with van der Waals surface area (Å²) >= 11 is 0. The van der Waals surface area contributed by atoms with Gasteiger partial charge in [0.15, 0.2) is 11.5 Å². The second-order valence-corrected chi connectivity index (χ2v) is 7.98. The summed E-state index contributed by atoms with van der Waals surface area (Å²) in [5.41, 5.74) is 2.01. The Kier molecular flexibility index (Phi) is 7.93. The van der Waals surface area contributed by atoms with E-state index in [0.717, 1.165) is 29.0 Å². The fourth-order valence-electron chi connectivity index (χ4n) is 3.47. The van der Waals surface area contributed by atoms with Crippen LogP contribution in [-0.4, -0.2) is 42.0 Å². The Morgan fingerprint density at radius 2 is 1.71 bits per heavy atom. The van der Waals surface area contributed by atoms with Crippen LogP contribution in [0, 0.1) is 0 Å². The second kappa shape index (κ2) is 10.8. The minimum Gasteiger partial charge on any atom is -0.486 e. The van der Waals surface area contributed by atoms with E-state index in [4.69, 9.17) is 9.47 Å². The van der Waals surface area contributed by atoms with Crippen LogP contribution in [0.15, 0.2) is 48.5 Å². The van der Waals surface area contributed by atoms with E-state index < -0.39 is 6.04 Å². The molecular weight excluding hydrogens is 392 g/mol. The standard InChI is InChI=1S/C25H32N2O4/c1-4-18(2)26-25(29)19(3)27(17-21-8-6-5-7-9-21)24(28)13-11-20-10-12-22-23(16-20)31-15-14-30-22/h5-10,12,16,18-19H,4,11,13-15,17H2,1-3H3,(H,26,29)/t18-,19+/m0/s1. The molecule has 0 aliphatic carbocycles. The smallest absolute Gasteiger partial charge is 0.242 e. The minimum atomic E-state index is -0.554. The lowest BCUT2D eigenvalue weighted by molar-refractivity contribution is -0.140. The predicted octanol–water partition coefficient (Wildman–Crippen LogP) is 3.72. The highest BCUT2D eigenvalue weighted by Gasteiger charge is 2.26. The summed E-state index contributed by atoms with van der Waals surface area (Å²) in [5.74, 6) is 1.28. The Hall–Kier alpha value is -3.02. The first-order chi connectivity index (χ1) is 15.0. The van der Waals surface area contributed by atoms with E-state index in [1.807, 2.05) is 62.4 Å². The molecule has 2 aromatic carbocycles. The Balaban J connectivity index is 1.69. The van der Waals surface area contributed by atoms with Gasteiger partial charge in [0.2, 0.25) is 11.8 Å². The van der Waals surface area contributed by atoms with Gasteiger partial charge in [-0.2, -0.15) is 0 Å². The van der Waals surface area contributed by atoms with Gasteiger partial charge in [0, 0.05) is 19.0 Å². The monoisotopic (exact) mass is 424 g/mol. The summed E-state index contributed by atoms with van der Waals surface area (Å²) in [7, 11) is 0. The summed E-state index contributed by atoms with van der Waals surface area (Å²) in [4.78, 5) is 27.6. The zero-order valence-electron chi connectivity index (χ0n) is 18.6. The molecule has 2 aromatic rings. The van der Waals surface area contributed by atoms with Gasteiger partial charge in [0.05, 0.1) is 0 Å². The molecule has 1 aliphatic rings. The van der Waals surface area contributed by atoms with Gasteiger partial charge < -0.3 is 19.7 Å². The Morgan fingerprint density at radius 3 is 2.42 bits per heavy atom. The molecule has 0 saturated heterocycles. The molecule has 0 spiro atoms. The third-order valence-corrected chi connectivity index (χ3v) is 5.60. The Morgan fingerprint density at radius 1 is 1.00 bits per heavy atom. The number of carbonyl (C=O) groups is 2. The van der Waals surface area contributed by atoms with E-state index in [1.54, 1.807) is 11.8 Å². The molecule has 31 heavy (non-hydrogen) atoms. The average molecular weight is 425 g/mol. The van der Waals surface area contributed by atoms with Crippen molar-refractivity contribution in [2.45, 2.75) is 58.7 Å². The van der Waals surface area contributed by atoms with Crippen molar-refractivity contribution >= 4 is 11.8 Å². The van der Waals surface area contributed by atoms with Crippen molar-refractivity contribution < 1.29 is 19.1 Å². The van der Waals surface area contributed by atoms with Crippen molar-refractivity contribution in [2.75, 3.05) is 13.2 Å². The van der Waals surface area contributed by atoms with E-state index in [0.29, 0.717) is 32.6 Å². The molecule has 2 amide bonds. The first kappa shape index (κ1) is 22.7. The molecule has 1 aliphatic heterocycles. The lowest BCUT2D eigenvalue weighted by Gasteiger charge is -2.30. The van der Waals surface area contributed by atoms with Crippen LogP contribution in [0.5, 0.6) is 11.5 Å². The number of benzene rings is 2. The zero-order valence-corrected chi connectivity index (χ0v) is 18.6. The van der Waals surface area contributed by atoms with E-state index in [9.17, 15) is 9.59 Å². The molecule has 1 N–H and O–H groups in total. The summed E-state index contributed by atoms with van der Waals surface area (Å²) in [6, 6.07) is 15.1. The number of nitrogens with one attached hydrogen (secondary N) is 1. The fraction of sp³-hybridized carbons (Fsp3) is 0.440. The number of fused-ring (bicyclic) bond motifs is 1. The molecule has 6 heteroatoms. The zero-order chi connectivity index (χ0) is 22.2. The summed E-state index contributed by atoms with van der Waals surface area (Å²) in [6.45, 7) is 7.27. The van der Waals surface area contributed by atoms with Gasteiger partial charge >= 0.3 is 0 Å². The number of hydrogen-bond donors (Lipinski definition) is 1. The van der Waals surface area contributed by atoms with E-state index in [-0.39, 0.29) is 17.9 Å². The number of carbonyl (C=O) groups excluding carboxylic acids is 2. The van der Waals surface area contributed by atoms with Crippen LogP contribution in [0.3, 0.4) is 0 Å². The molecule has 6 nitrogen and oxygen atoms in total. The summed E-state index contributed by atoms with van der Waals surface area (Å²) in [5, 5.41) is 3.00. The van der Waals surface area contributed by atoms with Crippen LogP contribution in [0.25, 0.3) is 0 Å². The highest BCUT2D eigenvalue weighted by molar-refractivity contribution is 5.87. The maximum atomic E-state index is 13.2. The second-order valence-electron chi connectivity index (χ2n) is 7.98. The normalized spacial score (nSPS) is 14.4. The SMILES string of the molecule is CC[C@H](C)NC(=O)[C@@H](C)N(Cc1ccccc1)C(=O)CCc1ccc2c(c1)OCCO2. The maximum Gasteiger partial charge on any atom is 0.242 e. The van der Waals surface area contributed by atoms with Crippen LogP contribution in [0.2, 0.25) is 0 Å². The highest BCUT2D eigenvalue weighted by atomic mass is 16.6. The number of nitrogens with zero attached hydrogens (tertiary/aromatic N) is 1. The van der Waals surface area contributed by atoms with Crippen LogP contribution in [-0.2, 0) is 22.6 Å². The molecule has 0 bridgehead atoms. The van der Waals surface area contributed by atoms with Crippen LogP contribution >= 0.6 is 0 Å². The van der Waals surface area contributed by atoms with Gasteiger partial charge in [-0.3, -0.25) is 9.59 Å². The van der Waals surface area contributed by atoms with Gasteiger partial charge in [0.25, 0.3) is 0 Å². The number of hydrogen-bond acceptors (Lipinski definition) is 4. The molecule has 0 radical (unpaired) electrons. The molecule has 0 unspecified atom stereocenters. The Bertz CT molecular complexity index is 884. The number of amides is 2. The quantitative estimate of drug-likeness (QED) is 0.666. The van der Waals surface area contributed by atoms with Gasteiger partial charge in [-0.15, -0.1) is 0 Å². The van der Waals surface area contributed by atoms with Crippen LogP contribution < -0.4 is 14.8 Å². The van der Waals surface area contributed by atoms with Gasteiger partial charge in [-0.25, -0.2) is 0 Å². The van der Waals surface area contributed by atoms with E-state index in [2.05, 4.69) is 5.32 Å². The Labute approximate surface area is 184 Å². The highest BCUT2D eigenvalue weighted by Crippen LogP contribution is 2.31. The van der Waals surface area contributed by atoms with Crippen molar-refractivity contribution in [3.05, 3.63) is 59.7 Å². The van der Waals surface area contributed by atoms with Crippen molar-refractivity contribution in [3.63, 3.8) is 0 Å². The van der Waals surface area contributed by atoms with Gasteiger partial charge in [-0.05, 0) is 49.9 Å². The lowest BCUT2D eigenvalue weighted by atomic mass is 10.1. The number of aryl methyl sites for hydroxylation is 1. The molecule has 0 aromatic heterocycles.